The van der Waals surface area contributed by atoms with Crippen molar-refractivity contribution in [3.8, 4) is 17.2 Å². The van der Waals surface area contributed by atoms with Crippen molar-refractivity contribution in [1.29, 1.82) is 0 Å². The summed E-state index contributed by atoms with van der Waals surface area (Å²) in [6.07, 6.45) is 0. The average Bonchev–Trinajstić information content (AvgIpc) is 2.71. The van der Waals surface area contributed by atoms with Crippen LogP contribution >= 0.6 is 0 Å². The third-order valence-corrected chi connectivity index (χ3v) is 5.72. The van der Waals surface area contributed by atoms with Crippen LogP contribution in [0.3, 0.4) is 0 Å². The van der Waals surface area contributed by atoms with Gasteiger partial charge in [0.15, 0.2) is 11.5 Å². The third kappa shape index (κ3) is 5.18. The van der Waals surface area contributed by atoms with Crippen molar-refractivity contribution in [2.75, 3.05) is 27.9 Å². The van der Waals surface area contributed by atoms with Crippen LogP contribution in [0.5, 0.6) is 17.2 Å². The Balaban J connectivity index is 2.27. The first kappa shape index (κ1) is 22.5. The zero-order valence-corrected chi connectivity index (χ0v) is 17.9. The Bertz CT molecular complexity index is 961. The van der Waals surface area contributed by atoms with E-state index in [1.54, 1.807) is 19.1 Å². The van der Waals surface area contributed by atoms with Crippen molar-refractivity contribution in [3.63, 3.8) is 0 Å². The van der Waals surface area contributed by atoms with Crippen molar-refractivity contribution in [3.05, 3.63) is 47.0 Å². The van der Waals surface area contributed by atoms with Gasteiger partial charge in [-0.25, -0.2) is 17.9 Å². The van der Waals surface area contributed by atoms with Crippen molar-refractivity contribution in [1.82, 2.24) is 4.72 Å². The van der Waals surface area contributed by atoms with E-state index in [1.807, 2.05) is 6.92 Å². The molecule has 0 amide bonds. The maximum absolute atomic E-state index is 12.7. The fraction of sp³-hybridized carbons (Fsp3) is 0.350. The standard InChI is InChI=1S/C20H25NO7S/c1-6-28-19-16(25-3)10-14(11-17(19)26-4)12-21-29(23,24)18-8-7-15(9-13(18)2)20(22)27-5/h7-11,21H,6,12H2,1-5H3. The number of carbonyl (C=O) groups excluding carboxylic acids is 1. The molecule has 0 heterocycles. The first-order chi connectivity index (χ1) is 13.8. The van der Waals surface area contributed by atoms with Crippen molar-refractivity contribution < 1.29 is 32.2 Å². The smallest absolute Gasteiger partial charge is 0.337 e. The Kier molecular flexibility index (Phi) is 7.46. The van der Waals surface area contributed by atoms with E-state index < -0.39 is 16.0 Å². The Morgan fingerprint density at radius 2 is 1.66 bits per heavy atom. The summed E-state index contributed by atoms with van der Waals surface area (Å²) < 4.78 is 48.9. The van der Waals surface area contributed by atoms with E-state index in [0.717, 1.165) is 0 Å². The molecule has 2 aromatic rings. The van der Waals surface area contributed by atoms with Crippen LogP contribution in [-0.4, -0.2) is 42.3 Å². The van der Waals surface area contributed by atoms with E-state index in [9.17, 15) is 13.2 Å². The molecular formula is C20H25NO7S. The van der Waals surface area contributed by atoms with E-state index in [2.05, 4.69) is 9.46 Å². The minimum absolute atomic E-state index is 0.0135. The number of nitrogens with one attached hydrogen (secondary N) is 1. The lowest BCUT2D eigenvalue weighted by molar-refractivity contribution is 0.0600. The second-order valence-corrected chi connectivity index (χ2v) is 7.79. The molecule has 0 unspecified atom stereocenters. The molecule has 2 rings (SSSR count). The SMILES string of the molecule is CCOc1c(OC)cc(CNS(=O)(=O)c2ccc(C(=O)OC)cc2C)cc1OC. The molecule has 0 saturated carbocycles. The molecule has 0 aliphatic carbocycles. The first-order valence-corrected chi connectivity index (χ1v) is 10.3. The Labute approximate surface area is 170 Å². The van der Waals surface area contributed by atoms with Gasteiger partial charge < -0.3 is 18.9 Å². The molecule has 8 nitrogen and oxygen atoms in total. The van der Waals surface area contributed by atoms with Gasteiger partial charge in [-0.05, 0) is 55.3 Å². The van der Waals surface area contributed by atoms with Gasteiger partial charge in [0, 0.05) is 6.54 Å². The number of carbonyl (C=O) groups is 1. The summed E-state index contributed by atoms with van der Waals surface area (Å²) in [4.78, 5) is 11.7. The van der Waals surface area contributed by atoms with Crippen LogP contribution in [0.25, 0.3) is 0 Å². The number of rotatable bonds is 9. The van der Waals surface area contributed by atoms with E-state index in [1.165, 1.54) is 39.5 Å². The highest BCUT2D eigenvalue weighted by Crippen LogP contribution is 2.38. The van der Waals surface area contributed by atoms with Crippen LogP contribution in [0, 0.1) is 6.92 Å². The van der Waals surface area contributed by atoms with E-state index in [4.69, 9.17) is 14.2 Å². The molecule has 0 aromatic heterocycles. The average molecular weight is 423 g/mol. The number of ether oxygens (including phenoxy) is 4. The quantitative estimate of drug-likeness (QED) is 0.619. The Morgan fingerprint density at radius 1 is 1.03 bits per heavy atom. The molecule has 0 aliphatic rings. The highest BCUT2D eigenvalue weighted by Gasteiger charge is 2.20. The Morgan fingerprint density at radius 3 is 2.14 bits per heavy atom. The fourth-order valence-corrected chi connectivity index (χ4v) is 4.02. The van der Waals surface area contributed by atoms with E-state index in [0.29, 0.717) is 35.0 Å². The van der Waals surface area contributed by atoms with E-state index >= 15 is 0 Å². The minimum atomic E-state index is -3.81. The second-order valence-electron chi connectivity index (χ2n) is 6.06. The summed E-state index contributed by atoms with van der Waals surface area (Å²) >= 11 is 0. The van der Waals surface area contributed by atoms with Gasteiger partial charge in [0.1, 0.15) is 0 Å². The normalized spacial score (nSPS) is 11.1. The van der Waals surface area contributed by atoms with Gasteiger partial charge in [0.25, 0.3) is 0 Å². The number of esters is 1. The molecule has 1 N–H and O–H groups in total. The van der Waals surface area contributed by atoms with Crippen LogP contribution in [-0.2, 0) is 21.3 Å². The van der Waals surface area contributed by atoms with Crippen molar-refractivity contribution >= 4 is 16.0 Å². The first-order valence-electron chi connectivity index (χ1n) is 8.83. The molecule has 0 fully saturated rings. The molecule has 0 aliphatic heterocycles. The minimum Gasteiger partial charge on any atom is -0.493 e. The highest BCUT2D eigenvalue weighted by molar-refractivity contribution is 7.89. The number of hydrogen-bond donors (Lipinski definition) is 1. The molecule has 0 atom stereocenters. The summed E-state index contributed by atoms with van der Waals surface area (Å²) in [6, 6.07) is 7.63. The maximum atomic E-state index is 12.7. The van der Waals surface area contributed by atoms with E-state index in [-0.39, 0.29) is 17.0 Å². The van der Waals surface area contributed by atoms with Crippen LogP contribution in [0.2, 0.25) is 0 Å². The van der Waals surface area contributed by atoms with Gasteiger partial charge in [-0.1, -0.05) is 0 Å². The van der Waals surface area contributed by atoms with Gasteiger partial charge in [-0.15, -0.1) is 0 Å². The van der Waals surface area contributed by atoms with Crippen LogP contribution in [0.15, 0.2) is 35.2 Å². The maximum Gasteiger partial charge on any atom is 0.337 e. The number of benzene rings is 2. The molecule has 2 aromatic carbocycles. The lowest BCUT2D eigenvalue weighted by atomic mass is 10.1. The topological polar surface area (TPSA) is 100 Å². The summed E-state index contributed by atoms with van der Waals surface area (Å²) in [5.41, 5.74) is 1.35. The number of sulfonamides is 1. The van der Waals surface area contributed by atoms with Gasteiger partial charge in [0.05, 0.1) is 38.4 Å². The molecule has 0 bridgehead atoms. The second kappa shape index (κ2) is 9.62. The monoisotopic (exact) mass is 423 g/mol. The molecular weight excluding hydrogens is 398 g/mol. The third-order valence-electron chi connectivity index (χ3n) is 4.16. The van der Waals surface area contributed by atoms with Crippen molar-refractivity contribution in [2.45, 2.75) is 25.3 Å². The number of hydrogen-bond acceptors (Lipinski definition) is 7. The van der Waals surface area contributed by atoms with Crippen LogP contribution < -0.4 is 18.9 Å². The fourth-order valence-electron chi connectivity index (χ4n) is 2.77. The molecule has 158 valence electrons. The van der Waals surface area contributed by atoms with Gasteiger partial charge in [-0.3, -0.25) is 0 Å². The predicted molar refractivity (Wildman–Crippen MR) is 107 cm³/mol. The van der Waals surface area contributed by atoms with Crippen molar-refractivity contribution in [2.24, 2.45) is 0 Å². The summed E-state index contributed by atoms with van der Waals surface area (Å²) in [7, 11) is 0.449. The largest absolute Gasteiger partial charge is 0.493 e. The molecule has 29 heavy (non-hydrogen) atoms. The van der Waals surface area contributed by atoms with Gasteiger partial charge in [-0.2, -0.15) is 0 Å². The molecule has 9 heteroatoms. The predicted octanol–water partition coefficient (Wildman–Crippen LogP) is 2.68. The van der Waals surface area contributed by atoms with Crippen LogP contribution in [0.1, 0.15) is 28.4 Å². The number of aryl methyl sites for hydroxylation is 1. The Hall–Kier alpha value is -2.78. The number of methoxy groups -OCH3 is 3. The van der Waals surface area contributed by atoms with Gasteiger partial charge in [0.2, 0.25) is 15.8 Å². The van der Waals surface area contributed by atoms with Gasteiger partial charge >= 0.3 is 5.97 Å². The zero-order chi connectivity index (χ0) is 21.6. The lowest BCUT2D eigenvalue weighted by Gasteiger charge is -2.16. The summed E-state index contributed by atoms with van der Waals surface area (Å²) in [5, 5.41) is 0. The van der Waals surface area contributed by atoms with Crippen LogP contribution in [0.4, 0.5) is 0 Å². The summed E-state index contributed by atoms with van der Waals surface area (Å²) in [5.74, 6) is 0.815. The molecule has 0 spiro atoms. The molecule has 0 saturated heterocycles. The molecule has 0 radical (unpaired) electrons. The zero-order valence-electron chi connectivity index (χ0n) is 17.1. The highest BCUT2D eigenvalue weighted by atomic mass is 32.2. The lowest BCUT2D eigenvalue weighted by Crippen LogP contribution is -2.24. The summed E-state index contributed by atoms with van der Waals surface area (Å²) in [6.45, 7) is 3.90.